The van der Waals surface area contributed by atoms with Crippen molar-refractivity contribution < 1.29 is 23.0 Å². The molecule has 2 aromatic rings. The summed E-state index contributed by atoms with van der Waals surface area (Å²) >= 11 is 5.95. The number of benzene rings is 2. The van der Waals surface area contributed by atoms with Crippen LogP contribution in [0.3, 0.4) is 0 Å². The molecule has 24 heavy (non-hydrogen) atoms. The topological polar surface area (TPSA) is 38.8 Å². The fourth-order valence-corrected chi connectivity index (χ4v) is 2.25. The first-order chi connectivity index (χ1) is 11.4. The van der Waals surface area contributed by atoms with E-state index < -0.39 is 11.6 Å². The van der Waals surface area contributed by atoms with Crippen molar-refractivity contribution in [3.8, 4) is 11.5 Å². The van der Waals surface area contributed by atoms with E-state index in [1.54, 1.807) is 25.2 Å². The molecule has 0 heterocycles. The molecule has 0 radical (unpaired) electrons. The molecule has 128 valence electrons. The van der Waals surface area contributed by atoms with E-state index in [2.05, 4.69) is 0 Å². The van der Waals surface area contributed by atoms with Crippen molar-refractivity contribution in [2.45, 2.75) is 6.54 Å². The second kappa shape index (κ2) is 7.97. The number of hydrogen-bond donors (Lipinski definition) is 0. The maximum atomic E-state index is 13.5. The standard InChI is InChI=1S/C17H16ClF2NO3/c1-21(9-11-7-12(18)3-5-15(11)23-2)17(22)10-24-16-6-4-13(19)8-14(16)20/h3-8H,9-10H2,1-2H3. The number of amides is 1. The Morgan fingerprint density at radius 1 is 1.17 bits per heavy atom. The van der Waals surface area contributed by atoms with E-state index in [0.29, 0.717) is 16.8 Å². The van der Waals surface area contributed by atoms with E-state index in [4.69, 9.17) is 21.1 Å². The number of rotatable bonds is 6. The van der Waals surface area contributed by atoms with Gasteiger partial charge in [0.05, 0.1) is 7.11 Å². The minimum atomic E-state index is -0.859. The number of carbonyl (C=O) groups is 1. The van der Waals surface area contributed by atoms with Gasteiger partial charge in [0.15, 0.2) is 18.2 Å². The Bertz CT molecular complexity index is 740. The second-order valence-electron chi connectivity index (χ2n) is 5.07. The van der Waals surface area contributed by atoms with Crippen molar-refractivity contribution in [1.29, 1.82) is 0 Å². The summed E-state index contributed by atoms with van der Waals surface area (Å²) < 4.78 is 36.6. The van der Waals surface area contributed by atoms with E-state index in [1.165, 1.54) is 12.0 Å². The molecule has 0 aliphatic carbocycles. The molecule has 2 rings (SSSR count). The third kappa shape index (κ3) is 4.58. The van der Waals surface area contributed by atoms with Crippen molar-refractivity contribution in [2.75, 3.05) is 20.8 Å². The minimum absolute atomic E-state index is 0.182. The molecule has 1 amide bonds. The van der Waals surface area contributed by atoms with Crippen LogP contribution >= 0.6 is 11.6 Å². The average Bonchev–Trinajstić information content (AvgIpc) is 2.54. The number of methoxy groups -OCH3 is 1. The highest BCUT2D eigenvalue weighted by Gasteiger charge is 2.14. The summed E-state index contributed by atoms with van der Waals surface area (Å²) in [5, 5.41) is 0.524. The zero-order valence-corrected chi connectivity index (χ0v) is 13.9. The Morgan fingerprint density at radius 3 is 2.54 bits per heavy atom. The highest BCUT2D eigenvalue weighted by molar-refractivity contribution is 6.30. The van der Waals surface area contributed by atoms with Crippen molar-refractivity contribution in [1.82, 2.24) is 4.90 Å². The summed E-state index contributed by atoms with van der Waals surface area (Å²) in [4.78, 5) is 13.5. The summed E-state index contributed by atoms with van der Waals surface area (Å²) in [7, 11) is 3.10. The van der Waals surface area contributed by atoms with Crippen molar-refractivity contribution >= 4 is 17.5 Å². The van der Waals surface area contributed by atoms with Crippen LogP contribution in [-0.4, -0.2) is 31.6 Å². The zero-order chi connectivity index (χ0) is 17.7. The monoisotopic (exact) mass is 355 g/mol. The van der Waals surface area contributed by atoms with E-state index in [0.717, 1.165) is 17.7 Å². The van der Waals surface area contributed by atoms with Gasteiger partial charge in [-0.15, -0.1) is 0 Å². The summed E-state index contributed by atoms with van der Waals surface area (Å²) in [6.07, 6.45) is 0. The third-order valence-electron chi connectivity index (χ3n) is 3.32. The molecule has 4 nitrogen and oxygen atoms in total. The average molecular weight is 356 g/mol. The van der Waals surface area contributed by atoms with E-state index in [-0.39, 0.29) is 24.8 Å². The third-order valence-corrected chi connectivity index (χ3v) is 3.56. The van der Waals surface area contributed by atoms with Gasteiger partial charge in [-0.05, 0) is 30.3 Å². The molecule has 0 fully saturated rings. The number of hydrogen-bond acceptors (Lipinski definition) is 3. The highest BCUT2D eigenvalue weighted by atomic mass is 35.5. The Balaban J connectivity index is 1.98. The molecular weight excluding hydrogens is 340 g/mol. The quantitative estimate of drug-likeness (QED) is 0.793. The predicted octanol–water partition coefficient (Wildman–Crippen LogP) is 3.66. The molecule has 0 saturated carbocycles. The zero-order valence-electron chi connectivity index (χ0n) is 13.2. The van der Waals surface area contributed by atoms with Crippen LogP contribution in [0.15, 0.2) is 36.4 Å². The molecule has 7 heteroatoms. The maximum absolute atomic E-state index is 13.5. The van der Waals surface area contributed by atoms with Gasteiger partial charge in [0.25, 0.3) is 5.91 Å². The van der Waals surface area contributed by atoms with Gasteiger partial charge in [-0.25, -0.2) is 8.78 Å². The maximum Gasteiger partial charge on any atom is 0.260 e. The van der Waals surface area contributed by atoms with Crippen LogP contribution in [0.4, 0.5) is 8.78 Å². The Morgan fingerprint density at radius 2 is 1.88 bits per heavy atom. The number of nitrogens with zero attached hydrogens (tertiary/aromatic N) is 1. The Labute approximate surface area is 143 Å². The van der Waals surface area contributed by atoms with Gasteiger partial charge in [-0.2, -0.15) is 0 Å². The fourth-order valence-electron chi connectivity index (χ4n) is 2.06. The van der Waals surface area contributed by atoms with Crippen LogP contribution in [0, 0.1) is 11.6 Å². The first-order valence-corrected chi connectivity index (χ1v) is 7.42. The number of ether oxygens (including phenoxy) is 2. The van der Waals surface area contributed by atoms with Crippen molar-refractivity contribution in [2.24, 2.45) is 0 Å². The van der Waals surface area contributed by atoms with Crippen molar-refractivity contribution in [3.63, 3.8) is 0 Å². The molecule has 0 spiro atoms. The van der Waals surface area contributed by atoms with Crippen LogP contribution in [0.5, 0.6) is 11.5 Å². The van der Waals surface area contributed by atoms with Gasteiger partial charge in [-0.3, -0.25) is 4.79 Å². The molecule has 2 aromatic carbocycles. The van der Waals surface area contributed by atoms with Crippen molar-refractivity contribution in [3.05, 3.63) is 58.6 Å². The van der Waals surface area contributed by atoms with E-state index in [1.807, 2.05) is 0 Å². The van der Waals surface area contributed by atoms with Gasteiger partial charge in [0.2, 0.25) is 0 Å². The molecule has 0 atom stereocenters. The summed E-state index contributed by atoms with van der Waals surface area (Å²) in [5.74, 6) is -1.53. The molecule has 0 aliphatic heterocycles. The normalized spacial score (nSPS) is 10.4. The summed E-state index contributed by atoms with van der Waals surface area (Å²) in [6, 6.07) is 7.99. The Kier molecular flexibility index (Phi) is 5.98. The molecule has 0 N–H and O–H groups in total. The van der Waals surface area contributed by atoms with Gasteiger partial charge >= 0.3 is 0 Å². The lowest BCUT2D eigenvalue weighted by atomic mass is 10.2. The van der Waals surface area contributed by atoms with Crippen LogP contribution in [0.1, 0.15) is 5.56 Å². The lowest BCUT2D eigenvalue weighted by Crippen LogP contribution is -2.31. The Hall–Kier alpha value is -2.34. The molecule has 0 bridgehead atoms. The first kappa shape index (κ1) is 18.0. The van der Waals surface area contributed by atoms with Gasteiger partial charge in [0.1, 0.15) is 11.6 Å². The molecule has 0 aromatic heterocycles. The molecule has 0 aliphatic rings. The molecule has 0 saturated heterocycles. The largest absolute Gasteiger partial charge is 0.496 e. The van der Waals surface area contributed by atoms with Gasteiger partial charge in [-0.1, -0.05) is 11.6 Å². The summed E-state index contributed by atoms with van der Waals surface area (Å²) in [6.45, 7) is -0.125. The van der Waals surface area contributed by atoms with Gasteiger partial charge < -0.3 is 14.4 Å². The smallest absolute Gasteiger partial charge is 0.260 e. The summed E-state index contributed by atoms with van der Waals surface area (Å²) in [5.41, 5.74) is 0.730. The van der Waals surface area contributed by atoms with Crippen LogP contribution in [0.2, 0.25) is 5.02 Å². The van der Waals surface area contributed by atoms with E-state index in [9.17, 15) is 13.6 Å². The van der Waals surface area contributed by atoms with Crippen LogP contribution in [0.25, 0.3) is 0 Å². The lowest BCUT2D eigenvalue weighted by molar-refractivity contribution is -0.132. The fraction of sp³-hybridized carbons (Fsp3) is 0.235. The second-order valence-corrected chi connectivity index (χ2v) is 5.51. The molecule has 0 unspecified atom stereocenters. The SMILES string of the molecule is COc1ccc(Cl)cc1CN(C)C(=O)COc1ccc(F)cc1F. The van der Waals surface area contributed by atoms with Crippen LogP contribution < -0.4 is 9.47 Å². The number of halogens is 3. The molecular formula is C17H16ClF2NO3. The minimum Gasteiger partial charge on any atom is -0.496 e. The van der Waals surface area contributed by atoms with E-state index >= 15 is 0 Å². The number of likely N-dealkylation sites (N-methyl/N-ethyl adjacent to an activating group) is 1. The van der Waals surface area contributed by atoms with Crippen LogP contribution in [-0.2, 0) is 11.3 Å². The predicted molar refractivity (Wildman–Crippen MR) is 86.3 cm³/mol. The lowest BCUT2D eigenvalue weighted by Gasteiger charge is -2.19. The number of carbonyl (C=O) groups excluding carboxylic acids is 1. The van der Waals surface area contributed by atoms with Gasteiger partial charge in [0, 0.05) is 30.2 Å². The first-order valence-electron chi connectivity index (χ1n) is 7.05. The highest BCUT2D eigenvalue weighted by Crippen LogP contribution is 2.24.